The summed E-state index contributed by atoms with van der Waals surface area (Å²) >= 11 is 0. The van der Waals surface area contributed by atoms with Crippen molar-refractivity contribution in [3.05, 3.63) is 0 Å². The molecule has 1 heterocycles. The van der Waals surface area contributed by atoms with Crippen LogP contribution >= 0.6 is 0 Å². The first-order valence-corrected chi connectivity index (χ1v) is 7.15. The predicted octanol–water partition coefficient (Wildman–Crippen LogP) is 0.897. The van der Waals surface area contributed by atoms with E-state index in [2.05, 4.69) is 11.9 Å². The van der Waals surface area contributed by atoms with Gasteiger partial charge in [-0.2, -0.15) is 0 Å². The summed E-state index contributed by atoms with van der Waals surface area (Å²) in [5, 5.41) is 9.16. The highest BCUT2D eigenvalue weighted by molar-refractivity contribution is 5.85. The van der Waals surface area contributed by atoms with Gasteiger partial charge in [0, 0.05) is 20.1 Å². The van der Waals surface area contributed by atoms with Gasteiger partial charge in [-0.15, -0.1) is 0 Å². The molecule has 5 nitrogen and oxygen atoms in total. The fraction of sp³-hybridized carbons (Fsp3) is 0.857. The van der Waals surface area contributed by atoms with Crippen LogP contribution in [0.25, 0.3) is 0 Å². The summed E-state index contributed by atoms with van der Waals surface area (Å²) in [4.78, 5) is 27.6. The van der Waals surface area contributed by atoms with Crippen LogP contribution in [0.2, 0.25) is 0 Å². The molecule has 19 heavy (non-hydrogen) atoms. The highest BCUT2D eigenvalue weighted by Crippen LogP contribution is 2.33. The molecule has 1 aliphatic heterocycles. The van der Waals surface area contributed by atoms with Crippen molar-refractivity contribution in [1.82, 2.24) is 9.80 Å². The quantitative estimate of drug-likeness (QED) is 0.823. The summed E-state index contributed by atoms with van der Waals surface area (Å²) in [6.45, 7) is 2.88. The average Bonchev–Trinajstić information content (AvgIpc) is 2.97. The summed E-state index contributed by atoms with van der Waals surface area (Å²) in [5.74, 6) is -1.03. The molecule has 0 aromatic rings. The molecule has 1 unspecified atom stereocenters. The van der Waals surface area contributed by atoms with Gasteiger partial charge in [0.1, 0.15) is 0 Å². The molecule has 1 saturated heterocycles. The number of rotatable bonds is 4. The van der Waals surface area contributed by atoms with E-state index in [4.69, 9.17) is 5.11 Å². The Morgan fingerprint density at radius 1 is 1.26 bits per heavy atom. The number of carboxylic acid groups (broad SMARTS) is 1. The van der Waals surface area contributed by atoms with E-state index >= 15 is 0 Å². The van der Waals surface area contributed by atoms with E-state index in [1.165, 1.54) is 0 Å². The normalized spacial score (nSPS) is 31.6. The van der Waals surface area contributed by atoms with E-state index in [1.807, 2.05) is 7.05 Å². The van der Waals surface area contributed by atoms with Gasteiger partial charge >= 0.3 is 5.97 Å². The Bertz CT molecular complexity index is 359. The Labute approximate surface area is 114 Å². The Balaban J connectivity index is 1.89. The molecule has 0 aromatic carbocycles. The number of nitrogens with zero attached hydrogens (tertiary/aromatic N) is 2. The average molecular weight is 268 g/mol. The van der Waals surface area contributed by atoms with Crippen molar-refractivity contribution in [2.75, 3.05) is 33.7 Å². The monoisotopic (exact) mass is 268 g/mol. The molecule has 1 N–H and O–H groups in total. The van der Waals surface area contributed by atoms with Crippen molar-refractivity contribution in [1.29, 1.82) is 0 Å². The van der Waals surface area contributed by atoms with Crippen molar-refractivity contribution >= 4 is 11.9 Å². The van der Waals surface area contributed by atoms with Crippen LogP contribution in [0.5, 0.6) is 0 Å². The molecule has 1 aliphatic carbocycles. The van der Waals surface area contributed by atoms with Gasteiger partial charge in [-0.25, -0.2) is 0 Å². The van der Waals surface area contributed by atoms with Crippen LogP contribution in [0, 0.1) is 17.8 Å². The van der Waals surface area contributed by atoms with Gasteiger partial charge in [0.25, 0.3) is 0 Å². The zero-order chi connectivity index (χ0) is 14.0. The van der Waals surface area contributed by atoms with Gasteiger partial charge in [-0.05, 0) is 38.8 Å². The van der Waals surface area contributed by atoms with Gasteiger partial charge in [-0.3, -0.25) is 9.59 Å². The molecule has 1 saturated carbocycles. The lowest BCUT2D eigenvalue weighted by Gasteiger charge is -2.26. The first-order valence-electron chi connectivity index (χ1n) is 7.15. The number of carboxylic acids is 1. The molecule has 2 aliphatic rings. The minimum atomic E-state index is -0.815. The molecule has 0 spiro atoms. The molecule has 0 bridgehead atoms. The molecular formula is C14H24N2O3. The lowest BCUT2D eigenvalue weighted by Crippen LogP contribution is -2.39. The van der Waals surface area contributed by atoms with Gasteiger partial charge in [0.15, 0.2) is 0 Å². The molecule has 3 atom stereocenters. The second-order valence-electron chi connectivity index (χ2n) is 6.12. The smallest absolute Gasteiger partial charge is 0.307 e. The molecule has 2 fully saturated rings. The van der Waals surface area contributed by atoms with Gasteiger partial charge in [0.2, 0.25) is 5.91 Å². The molecule has 2 rings (SSSR count). The number of carbonyl (C=O) groups excluding carboxylic acids is 1. The number of carbonyl (C=O) groups is 2. The van der Waals surface area contributed by atoms with Gasteiger partial charge in [0.05, 0.1) is 11.8 Å². The number of hydrogen-bond donors (Lipinski definition) is 1. The number of hydrogen-bond acceptors (Lipinski definition) is 3. The van der Waals surface area contributed by atoms with Crippen LogP contribution in [-0.2, 0) is 9.59 Å². The van der Waals surface area contributed by atoms with Crippen molar-refractivity contribution in [2.45, 2.75) is 25.7 Å². The highest BCUT2D eigenvalue weighted by Gasteiger charge is 2.39. The van der Waals surface area contributed by atoms with E-state index in [9.17, 15) is 9.59 Å². The Hall–Kier alpha value is -1.10. The SMILES string of the molecule is CN1CCC(CN(C)C(=O)[C@@H]2CCC[C@@H]2C(=O)O)C1. The van der Waals surface area contributed by atoms with Gasteiger partial charge < -0.3 is 14.9 Å². The fourth-order valence-corrected chi connectivity index (χ4v) is 3.49. The zero-order valence-corrected chi connectivity index (χ0v) is 11.8. The van der Waals surface area contributed by atoms with Gasteiger partial charge in [-0.1, -0.05) is 6.42 Å². The molecule has 5 heteroatoms. The Morgan fingerprint density at radius 2 is 1.95 bits per heavy atom. The maximum Gasteiger partial charge on any atom is 0.307 e. The topological polar surface area (TPSA) is 60.9 Å². The summed E-state index contributed by atoms with van der Waals surface area (Å²) < 4.78 is 0. The third-order valence-electron chi connectivity index (χ3n) is 4.55. The van der Waals surface area contributed by atoms with Crippen LogP contribution in [0.3, 0.4) is 0 Å². The number of aliphatic carboxylic acids is 1. The third kappa shape index (κ3) is 3.26. The Morgan fingerprint density at radius 3 is 2.53 bits per heavy atom. The minimum absolute atomic E-state index is 0.0273. The summed E-state index contributed by atoms with van der Waals surface area (Å²) in [6, 6.07) is 0. The lowest BCUT2D eigenvalue weighted by atomic mass is 9.94. The van der Waals surface area contributed by atoms with Crippen LogP contribution in [0.1, 0.15) is 25.7 Å². The molecule has 0 radical (unpaired) electrons. The Kier molecular flexibility index (Phi) is 4.45. The first kappa shape index (κ1) is 14.3. The van der Waals surface area contributed by atoms with Crippen LogP contribution in [0.15, 0.2) is 0 Å². The van der Waals surface area contributed by atoms with E-state index in [0.29, 0.717) is 12.3 Å². The highest BCUT2D eigenvalue weighted by atomic mass is 16.4. The molecule has 108 valence electrons. The van der Waals surface area contributed by atoms with Crippen LogP contribution in [0.4, 0.5) is 0 Å². The predicted molar refractivity (Wildman–Crippen MR) is 71.7 cm³/mol. The van der Waals surface area contributed by atoms with Crippen molar-refractivity contribution in [3.63, 3.8) is 0 Å². The van der Waals surface area contributed by atoms with Crippen molar-refractivity contribution in [2.24, 2.45) is 17.8 Å². The largest absolute Gasteiger partial charge is 0.481 e. The lowest BCUT2D eigenvalue weighted by molar-refractivity contribution is -0.148. The van der Waals surface area contributed by atoms with E-state index in [-0.39, 0.29) is 11.8 Å². The van der Waals surface area contributed by atoms with Crippen LogP contribution < -0.4 is 0 Å². The molecule has 1 amide bonds. The standard InChI is InChI=1S/C14H24N2O3/c1-15-7-6-10(8-15)9-16(2)13(17)11-4-3-5-12(11)14(18)19/h10-12H,3-9H2,1-2H3,(H,18,19)/t10?,11-,12+/m1/s1. The molecular weight excluding hydrogens is 244 g/mol. The zero-order valence-electron chi connectivity index (χ0n) is 11.8. The summed E-state index contributed by atoms with van der Waals surface area (Å²) in [7, 11) is 3.91. The second kappa shape index (κ2) is 5.90. The van der Waals surface area contributed by atoms with E-state index in [0.717, 1.165) is 38.9 Å². The molecule has 0 aromatic heterocycles. The van der Waals surface area contributed by atoms with Crippen LogP contribution in [-0.4, -0.2) is 60.5 Å². The summed E-state index contributed by atoms with van der Waals surface area (Å²) in [6.07, 6.45) is 3.35. The summed E-state index contributed by atoms with van der Waals surface area (Å²) in [5.41, 5.74) is 0. The second-order valence-corrected chi connectivity index (χ2v) is 6.12. The maximum absolute atomic E-state index is 12.4. The fourth-order valence-electron chi connectivity index (χ4n) is 3.49. The minimum Gasteiger partial charge on any atom is -0.481 e. The van der Waals surface area contributed by atoms with E-state index < -0.39 is 11.9 Å². The van der Waals surface area contributed by atoms with Crippen molar-refractivity contribution in [3.8, 4) is 0 Å². The number of likely N-dealkylation sites (tertiary alicyclic amines) is 1. The number of amides is 1. The first-order chi connectivity index (χ1) is 8.99. The maximum atomic E-state index is 12.4. The third-order valence-corrected chi connectivity index (χ3v) is 4.55. The van der Waals surface area contributed by atoms with Crippen molar-refractivity contribution < 1.29 is 14.7 Å². The van der Waals surface area contributed by atoms with E-state index in [1.54, 1.807) is 4.90 Å².